The number of hydrogen-bond acceptors (Lipinski definition) is 3. The lowest BCUT2D eigenvalue weighted by molar-refractivity contribution is -0.137. The van der Waals surface area contributed by atoms with Crippen LogP contribution in [0.3, 0.4) is 0 Å². The molecule has 3 nitrogen and oxygen atoms in total. The van der Waals surface area contributed by atoms with Gasteiger partial charge in [0.15, 0.2) is 0 Å². The van der Waals surface area contributed by atoms with Gasteiger partial charge in [0, 0.05) is 35.6 Å². The second-order valence-electron chi connectivity index (χ2n) is 6.47. The van der Waals surface area contributed by atoms with E-state index in [2.05, 4.69) is 10.3 Å². The van der Waals surface area contributed by atoms with Gasteiger partial charge in [0.05, 0.1) is 5.56 Å². The van der Waals surface area contributed by atoms with Crippen LogP contribution in [-0.2, 0) is 12.8 Å². The molecule has 0 saturated heterocycles. The highest BCUT2D eigenvalue weighted by atomic mass is 19.4. The Hall–Kier alpha value is -3.02. The first-order valence-electron chi connectivity index (χ1n) is 8.84. The van der Waals surface area contributed by atoms with Gasteiger partial charge in [0.25, 0.3) is 0 Å². The molecule has 0 atom stereocenters. The molecule has 0 amide bonds. The van der Waals surface area contributed by atoms with Gasteiger partial charge in [-0.3, -0.25) is 0 Å². The average molecular weight is 386 g/mol. The van der Waals surface area contributed by atoms with Crippen molar-refractivity contribution in [3.8, 4) is 17.0 Å². The van der Waals surface area contributed by atoms with E-state index in [0.29, 0.717) is 23.7 Å². The number of pyridine rings is 1. The molecule has 1 heterocycles. The first kappa shape index (κ1) is 19.7. The van der Waals surface area contributed by atoms with Crippen molar-refractivity contribution in [1.82, 2.24) is 4.98 Å². The Morgan fingerprint density at radius 3 is 2.36 bits per heavy atom. The molecule has 146 valence electrons. The van der Waals surface area contributed by atoms with Gasteiger partial charge in [-0.25, -0.2) is 4.98 Å². The third-order valence-corrected chi connectivity index (χ3v) is 4.63. The Kier molecular flexibility index (Phi) is 5.58. The normalized spacial score (nSPS) is 11.4. The molecular formula is C22H21F3N2O. The molecular weight excluding hydrogens is 365 g/mol. The van der Waals surface area contributed by atoms with Crippen LogP contribution in [0.5, 0.6) is 5.88 Å². The molecule has 0 aliphatic rings. The number of benzene rings is 2. The minimum atomic E-state index is -4.42. The molecule has 0 aliphatic carbocycles. The van der Waals surface area contributed by atoms with Gasteiger partial charge in [-0.15, -0.1) is 0 Å². The maximum absolute atomic E-state index is 13.3. The summed E-state index contributed by atoms with van der Waals surface area (Å²) in [4.78, 5) is 4.36. The van der Waals surface area contributed by atoms with Crippen LogP contribution < -0.4 is 10.1 Å². The Morgan fingerprint density at radius 1 is 0.929 bits per heavy atom. The second-order valence-corrected chi connectivity index (χ2v) is 6.47. The van der Waals surface area contributed by atoms with E-state index in [4.69, 9.17) is 4.74 Å². The lowest BCUT2D eigenvalue weighted by Gasteiger charge is -2.16. The summed E-state index contributed by atoms with van der Waals surface area (Å²) in [6, 6.07) is 14.7. The van der Waals surface area contributed by atoms with Crippen molar-refractivity contribution in [1.29, 1.82) is 0 Å². The Balaban J connectivity index is 1.87. The van der Waals surface area contributed by atoms with Crippen molar-refractivity contribution in [2.45, 2.75) is 26.6 Å². The average Bonchev–Trinajstić information content (AvgIpc) is 2.66. The van der Waals surface area contributed by atoms with Crippen LogP contribution in [0.25, 0.3) is 11.1 Å². The third-order valence-electron chi connectivity index (χ3n) is 4.63. The first-order valence-corrected chi connectivity index (χ1v) is 8.84. The van der Waals surface area contributed by atoms with Gasteiger partial charge < -0.3 is 10.1 Å². The lowest BCUT2D eigenvalue weighted by Crippen LogP contribution is -2.08. The Labute approximate surface area is 162 Å². The highest BCUT2D eigenvalue weighted by Crippen LogP contribution is 2.38. The van der Waals surface area contributed by atoms with Crippen LogP contribution in [0.15, 0.2) is 54.6 Å². The summed E-state index contributed by atoms with van der Waals surface area (Å²) in [5.41, 5.74) is 3.41. The van der Waals surface area contributed by atoms with E-state index in [1.165, 1.54) is 12.1 Å². The molecule has 6 heteroatoms. The number of rotatable bonds is 5. The van der Waals surface area contributed by atoms with Crippen LogP contribution in [0, 0.1) is 13.8 Å². The van der Waals surface area contributed by atoms with Crippen molar-refractivity contribution in [3.05, 3.63) is 77.0 Å². The van der Waals surface area contributed by atoms with Crippen LogP contribution in [0.4, 0.5) is 18.9 Å². The minimum Gasteiger partial charge on any atom is -0.473 e. The van der Waals surface area contributed by atoms with E-state index in [1.54, 1.807) is 25.1 Å². The fourth-order valence-corrected chi connectivity index (χ4v) is 3.14. The molecule has 0 unspecified atom stereocenters. The monoisotopic (exact) mass is 386 g/mol. The summed E-state index contributed by atoms with van der Waals surface area (Å²) in [5, 5.41) is 3.13. The first-order chi connectivity index (χ1) is 13.3. The molecule has 0 saturated carbocycles. The number of nitrogens with one attached hydrogen (secondary N) is 1. The van der Waals surface area contributed by atoms with Crippen molar-refractivity contribution in [3.63, 3.8) is 0 Å². The number of ether oxygens (including phenoxy) is 1. The van der Waals surface area contributed by atoms with Crippen molar-refractivity contribution >= 4 is 5.69 Å². The van der Waals surface area contributed by atoms with Crippen LogP contribution in [0.1, 0.15) is 22.4 Å². The summed E-state index contributed by atoms with van der Waals surface area (Å²) in [7, 11) is 1.84. The second kappa shape index (κ2) is 7.92. The topological polar surface area (TPSA) is 34.1 Å². The Morgan fingerprint density at radius 2 is 1.68 bits per heavy atom. The largest absolute Gasteiger partial charge is 0.473 e. The van der Waals surface area contributed by atoms with Crippen molar-refractivity contribution in [2.75, 3.05) is 12.4 Å². The molecule has 0 radical (unpaired) electrons. The zero-order valence-electron chi connectivity index (χ0n) is 15.9. The summed E-state index contributed by atoms with van der Waals surface area (Å²) in [6.07, 6.45) is -4.42. The third kappa shape index (κ3) is 4.11. The van der Waals surface area contributed by atoms with Gasteiger partial charge >= 0.3 is 6.18 Å². The number of alkyl halides is 3. The molecule has 0 aliphatic heterocycles. The molecule has 2 aromatic carbocycles. The summed E-state index contributed by atoms with van der Waals surface area (Å²) < 4.78 is 45.7. The minimum absolute atomic E-state index is 0.114. The molecule has 0 fully saturated rings. The maximum atomic E-state index is 13.3. The molecule has 1 aromatic heterocycles. The zero-order chi connectivity index (χ0) is 20.3. The molecule has 28 heavy (non-hydrogen) atoms. The van der Waals surface area contributed by atoms with E-state index in [9.17, 15) is 13.2 Å². The highest BCUT2D eigenvalue weighted by Gasteiger charge is 2.33. The van der Waals surface area contributed by atoms with Gasteiger partial charge in [-0.2, -0.15) is 13.2 Å². The lowest BCUT2D eigenvalue weighted by atomic mass is 9.98. The number of halogens is 3. The van der Waals surface area contributed by atoms with E-state index < -0.39 is 11.7 Å². The van der Waals surface area contributed by atoms with E-state index in [-0.39, 0.29) is 5.56 Å². The van der Waals surface area contributed by atoms with Crippen molar-refractivity contribution < 1.29 is 17.9 Å². The molecule has 3 rings (SSSR count). The predicted molar refractivity (Wildman–Crippen MR) is 104 cm³/mol. The number of hydrogen-bond donors (Lipinski definition) is 1. The summed E-state index contributed by atoms with van der Waals surface area (Å²) >= 11 is 0. The quantitative estimate of drug-likeness (QED) is 0.583. The number of aryl methyl sites for hydroxylation is 2. The number of aromatic nitrogens is 1. The summed E-state index contributed by atoms with van der Waals surface area (Å²) in [5.74, 6) is 0.371. The summed E-state index contributed by atoms with van der Waals surface area (Å²) in [6.45, 7) is 3.99. The van der Waals surface area contributed by atoms with Gasteiger partial charge in [-0.1, -0.05) is 30.3 Å². The van der Waals surface area contributed by atoms with E-state index in [1.807, 2.05) is 32.2 Å². The molecule has 1 N–H and O–H groups in total. The van der Waals surface area contributed by atoms with E-state index >= 15 is 0 Å². The molecule has 0 bridgehead atoms. The van der Waals surface area contributed by atoms with Crippen molar-refractivity contribution in [2.24, 2.45) is 0 Å². The zero-order valence-corrected chi connectivity index (χ0v) is 15.9. The Bertz CT molecular complexity index is 984. The van der Waals surface area contributed by atoms with Crippen LogP contribution in [0.2, 0.25) is 0 Å². The van der Waals surface area contributed by atoms with E-state index in [0.717, 1.165) is 22.9 Å². The van der Waals surface area contributed by atoms with Gasteiger partial charge in [0.2, 0.25) is 5.88 Å². The van der Waals surface area contributed by atoms with Crippen LogP contribution in [-0.4, -0.2) is 12.0 Å². The van der Waals surface area contributed by atoms with Gasteiger partial charge in [0.1, 0.15) is 6.61 Å². The highest BCUT2D eigenvalue weighted by molar-refractivity contribution is 5.70. The number of anilines is 1. The van der Waals surface area contributed by atoms with Crippen LogP contribution >= 0.6 is 0 Å². The maximum Gasteiger partial charge on any atom is 0.417 e. The SMILES string of the molecule is CNc1cccc(C)c1COc1ccc(-c2ccccc2C(F)(F)F)c(C)n1. The fourth-order valence-electron chi connectivity index (χ4n) is 3.14. The number of nitrogens with zero attached hydrogens (tertiary/aromatic N) is 1. The standard InChI is InChI=1S/C22H21F3N2O/c1-14-7-6-10-20(26-3)18(14)13-28-21-12-11-16(15(2)27-21)17-8-4-5-9-19(17)22(23,24)25/h4-12,26H,13H2,1-3H3. The fraction of sp³-hybridized carbons (Fsp3) is 0.227. The predicted octanol–water partition coefficient (Wildman–Crippen LogP) is 6.00. The smallest absolute Gasteiger partial charge is 0.417 e. The molecule has 3 aromatic rings. The molecule has 0 spiro atoms. The van der Waals surface area contributed by atoms with Gasteiger partial charge in [-0.05, 0) is 43.2 Å².